The predicted molar refractivity (Wildman–Crippen MR) is 71.5 cm³/mol. The lowest BCUT2D eigenvalue weighted by atomic mass is 10.2. The number of phenols is 1. The molecule has 3 N–H and O–H groups in total. The van der Waals surface area contributed by atoms with Crippen LogP contribution in [0.3, 0.4) is 0 Å². The maximum Gasteiger partial charge on any atom is 0.143 e. The molecule has 0 spiro atoms. The van der Waals surface area contributed by atoms with Crippen molar-refractivity contribution in [2.24, 2.45) is 0 Å². The number of benzene rings is 1. The van der Waals surface area contributed by atoms with E-state index in [-0.39, 0.29) is 18.4 Å². The van der Waals surface area contributed by atoms with E-state index in [1.165, 1.54) is 0 Å². The fourth-order valence-corrected chi connectivity index (χ4v) is 2.60. The van der Waals surface area contributed by atoms with E-state index in [1.54, 1.807) is 0 Å². The van der Waals surface area contributed by atoms with Gasteiger partial charge < -0.3 is 15.5 Å². The normalized spacial score (nSPS) is 12.8. The van der Waals surface area contributed by atoms with Gasteiger partial charge in [-0.2, -0.15) is 0 Å². The van der Waals surface area contributed by atoms with Gasteiger partial charge in [-0.15, -0.1) is 0 Å². The Morgan fingerprint density at radius 2 is 1.88 bits per heavy atom. The van der Waals surface area contributed by atoms with Gasteiger partial charge in [-0.1, -0.05) is 6.92 Å². The van der Waals surface area contributed by atoms with Gasteiger partial charge in [0.05, 0.1) is 15.6 Å². The molecule has 1 aromatic carbocycles. The highest BCUT2D eigenvalue weighted by Crippen LogP contribution is 2.33. The topological polar surface area (TPSA) is 52.5 Å². The van der Waals surface area contributed by atoms with E-state index in [1.807, 2.05) is 19.1 Å². The van der Waals surface area contributed by atoms with Gasteiger partial charge in [0.1, 0.15) is 5.75 Å². The van der Waals surface area contributed by atoms with E-state index < -0.39 is 0 Å². The van der Waals surface area contributed by atoms with Crippen LogP contribution >= 0.6 is 31.9 Å². The highest BCUT2D eigenvalue weighted by molar-refractivity contribution is 9.11. The summed E-state index contributed by atoms with van der Waals surface area (Å²) >= 11 is 6.56. The van der Waals surface area contributed by atoms with E-state index in [0.717, 1.165) is 12.0 Å². The van der Waals surface area contributed by atoms with Crippen molar-refractivity contribution >= 4 is 31.9 Å². The minimum Gasteiger partial charge on any atom is -0.506 e. The number of hydrogen-bond donors (Lipinski definition) is 3. The molecule has 0 radical (unpaired) electrons. The van der Waals surface area contributed by atoms with Crippen LogP contribution in [-0.4, -0.2) is 22.9 Å². The molecule has 1 aromatic rings. The fourth-order valence-electron chi connectivity index (χ4n) is 1.32. The van der Waals surface area contributed by atoms with Gasteiger partial charge in [-0.25, -0.2) is 0 Å². The fraction of sp³-hybridized carbons (Fsp3) is 0.455. The van der Waals surface area contributed by atoms with Gasteiger partial charge in [0, 0.05) is 12.6 Å². The summed E-state index contributed by atoms with van der Waals surface area (Å²) in [6.07, 6.45) is 0.886. The molecule has 0 aliphatic rings. The quantitative estimate of drug-likeness (QED) is 0.763. The zero-order valence-electron chi connectivity index (χ0n) is 9.00. The average Bonchev–Trinajstić information content (AvgIpc) is 2.27. The van der Waals surface area contributed by atoms with E-state index in [2.05, 4.69) is 37.2 Å². The van der Waals surface area contributed by atoms with Gasteiger partial charge in [0.15, 0.2) is 0 Å². The van der Waals surface area contributed by atoms with Gasteiger partial charge in [-0.3, -0.25) is 0 Å². The van der Waals surface area contributed by atoms with Crippen LogP contribution in [0.15, 0.2) is 21.1 Å². The van der Waals surface area contributed by atoms with Crippen molar-refractivity contribution in [2.45, 2.75) is 25.9 Å². The molecule has 0 aliphatic heterocycles. The first-order valence-electron chi connectivity index (χ1n) is 5.09. The van der Waals surface area contributed by atoms with Crippen molar-refractivity contribution in [3.05, 3.63) is 26.6 Å². The van der Waals surface area contributed by atoms with Crippen molar-refractivity contribution < 1.29 is 10.2 Å². The summed E-state index contributed by atoms with van der Waals surface area (Å²) in [7, 11) is 0. The molecule has 0 saturated carbocycles. The molecule has 0 aromatic heterocycles. The molecule has 5 heteroatoms. The zero-order chi connectivity index (χ0) is 12.1. The molecule has 3 nitrogen and oxygen atoms in total. The Balaban J connectivity index is 2.68. The predicted octanol–water partition coefficient (Wildman–Crippen LogP) is 2.78. The molecular weight excluding hydrogens is 338 g/mol. The summed E-state index contributed by atoms with van der Waals surface area (Å²) in [6, 6.07) is 3.83. The number of aromatic hydroxyl groups is 1. The Labute approximate surface area is 112 Å². The lowest BCUT2D eigenvalue weighted by molar-refractivity contribution is 0.238. The Bertz CT molecular complexity index is 331. The molecule has 1 rings (SSSR count). The second-order valence-corrected chi connectivity index (χ2v) is 5.29. The maximum atomic E-state index is 9.55. The Hall–Kier alpha value is -0.100. The summed E-state index contributed by atoms with van der Waals surface area (Å²) in [6.45, 7) is 2.82. The monoisotopic (exact) mass is 351 g/mol. The molecule has 16 heavy (non-hydrogen) atoms. The van der Waals surface area contributed by atoms with Crippen LogP contribution in [0, 0.1) is 0 Å². The lowest BCUT2D eigenvalue weighted by Crippen LogP contribution is -2.31. The van der Waals surface area contributed by atoms with Crippen LogP contribution < -0.4 is 5.32 Å². The number of aliphatic hydroxyl groups excluding tert-OH is 1. The Morgan fingerprint density at radius 1 is 1.31 bits per heavy atom. The second-order valence-electron chi connectivity index (χ2n) is 3.58. The molecule has 1 unspecified atom stereocenters. The van der Waals surface area contributed by atoms with Crippen molar-refractivity contribution in [2.75, 3.05) is 6.61 Å². The highest BCUT2D eigenvalue weighted by atomic mass is 79.9. The third kappa shape index (κ3) is 3.73. The molecule has 1 atom stereocenters. The molecule has 0 aliphatic carbocycles. The first kappa shape index (κ1) is 14.0. The highest BCUT2D eigenvalue weighted by Gasteiger charge is 2.07. The van der Waals surface area contributed by atoms with Crippen LogP contribution in [0.2, 0.25) is 0 Å². The van der Waals surface area contributed by atoms with Gasteiger partial charge in [-0.05, 0) is 56.0 Å². The van der Waals surface area contributed by atoms with Crippen LogP contribution in [-0.2, 0) is 6.54 Å². The summed E-state index contributed by atoms with van der Waals surface area (Å²) < 4.78 is 1.33. The van der Waals surface area contributed by atoms with Gasteiger partial charge >= 0.3 is 0 Å². The molecular formula is C11H15Br2NO2. The molecule has 0 bridgehead atoms. The molecule has 0 amide bonds. The summed E-state index contributed by atoms with van der Waals surface area (Å²) in [4.78, 5) is 0. The Kier molecular flexibility index (Phi) is 5.75. The van der Waals surface area contributed by atoms with E-state index in [0.29, 0.717) is 15.5 Å². The number of halogens is 2. The summed E-state index contributed by atoms with van der Waals surface area (Å²) in [5.74, 6) is 0.206. The largest absolute Gasteiger partial charge is 0.506 e. The summed E-state index contributed by atoms with van der Waals surface area (Å²) in [5.41, 5.74) is 1.04. The van der Waals surface area contributed by atoms with Crippen LogP contribution in [0.25, 0.3) is 0 Å². The molecule has 90 valence electrons. The van der Waals surface area contributed by atoms with Gasteiger partial charge in [0.2, 0.25) is 0 Å². The Morgan fingerprint density at radius 3 is 2.31 bits per heavy atom. The third-order valence-corrected chi connectivity index (χ3v) is 3.59. The smallest absolute Gasteiger partial charge is 0.143 e. The number of aliphatic hydroxyl groups is 1. The minimum absolute atomic E-state index is 0.117. The van der Waals surface area contributed by atoms with Gasteiger partial charge in [0.25, 0.3) is 0 Å². The number of nitrogens with one attached hydrogen (secondary N) is 1. The minimum atomic E-state index is 0.117. The molecule has 0 fully saturated rings. The molecule has 0 saturated heterocycles. The van der Waals surface area contributed by atoms with Crippen LogP contribution in [0.1, 0.15) is 18.9 Å². The van der Waals surface area contributed by atoms with E-state index in [4.69, 9.17) is 5.11 Å². The number of hydrogen-bond acceptors (Lipinski definition) is 3. The van der Waals surface area contributed by atoms with Crippen molar-refractivity contribution in [1.82, 2.24) is 5.32 Å². The van der Waals surface area contributed by atoms with Crippen molar-refractivity contribution in [3.63, 3.8) is 0 Å². The number of phenolic OH excluding ortho intramolecular Hbond substituents is 1. The lowest BCUT2D eigenvalue weighted by Gasteiger charge is -2.14. The zero-order valence-corrected chi connectivity index (χ0v) is 12.2. The second kappa shape index (κ2) is 6.59. The van der Waals surface area contributed by atoms with Crippen molar-refractivity contribution in [3.8, 4) is 5.75 Å². The van der Waals surface area contributed by atoms with Crippen LogP contribution in [0.5, 0.6) is 5.75 Å². The third-order valence-electron chi connectivity index (χ3n) is 2.38. The number of rotatable bonds is 5. The first-order chi connectivity index (χ1) is 7.58. The van der Waals surface area contributed by atoms with E-state index >= 15 is 0 Å². The maximum absolute atomic E-state index is 9.55. The molecule has 0 heterocycles. The first-order valence-corrected chi connectivity index (χ1v) is 6.68. The SMILES string of the molecule is CCC(CO)NCc1cc(Br)c(O)c(Br)c1. The van der Waals surface area contributed by atoms with Crippen LogP contribution in [0.4, 0.5) is 0 Å². The van der Waals surface area contributed by atoms with E-state index in [9.17, 15) is 5.11 Å². The average molecular weight is 353 g/mol. The standard InChI is InChI=1S/C11H15Br2NO2/c1-2-8(6-15)14-5-7-3-9(12)11(16)10(13)4-7/h3-4,8,14-16H,2,5-6H2,1H3. The van der Waals surface area contributed by atoms with Crippen molar-refractivity contribution in [1.29, 1.82) is 0 Å². The summed E-state index contributed by atoms with van der Waals surface area (Å²) in [5, 5.41) is 21.8.